The van der Waals surface area contributed by atoms with Gasteiger partial charge in [-0.2, -0.15) is 0 Å². The summed E-state index contributed by atoms with van der Waals surface area (Å²) in [6, 6.07) is 31.9. The fourth-order valence-electron chi connectivity index (χ4n) is 5.07. The molecule has 0 aliphatic rings. The topological polar surface area (TPSA) is 98.7 Å². The van der Waals surface area contributed by atoms with Crippen LogP contribution >= 0.6 is 0 Å². The van der Waals surface area contributed by atoms with E-state index in [-0.39, 0.29) is 18.0 Å². The molecule has 4 aromatic carbocycles. The number of aromatic nitrogens is 1. The predicted octanol–water partition coefficient (Wildman–Crippen LogP) is 5.61. The molecule has 224 valence electrons. The van der Waals surface area contributed by atoms with Gasteiger partial charge >= 0.3 is 0 Å². The molecular weight excluding hydrogens is 554 g/mol. The first-order valence-corrected chi connectivity index (χ1v) is 14.5. The quantitative estimate of drug-likeness (QED) is 0.197. The molecule has 5 rings (SSSR count). The van der Waals surface area contributed by atoms with Crippen LogP contribution in [0, 0.1) is 0 Å². The Morgan fingerprint density at radius 2 is 1.36 bits per heavy atom. The molecule has 0 aliphatic carbocycles. The van der Waals surface area contributed by atoms with Gasteiger partial charge in [0.2, 0.25) is 5.91 Å². The van der Waals surface area contributed by atoms with Gasteiger partial charge in [0.15, 0.2) is 0 Å². The van der Waals surface area contributed by atoms with Gasteiger partial charge in [-0.1, -0.05) is 60.7 Å². The summed E-state index contributed by atoms with van der Waals surface area (Å²) in [7, 11) is 3.21. The van der Waals surface area contributed by atoms with Crippen LogP contribution in [-0.2, 0) is 24.2 Å². The number of carbonyl (C=O) groups is 2. The lowest BCUT2D eigenvalue weighted by Gasteiger charge is -2.16. The molecule has 0 saturated heterocycles. The Hall–Kier alpha value is -5.37. The van der Waals surface area contributed by atoms with E-state index < -0.39 is 11.5 Å². The Balaban J connectivity index is 1.44. The molecule has 2 N–H and O–H groups in total. The number of aryl methyl sites for hydroxylation is 1. The minimum Gasteiger partial charge on any atom is -0.497 e. The molecule has 44 heavy (non-hydrogen) atoms. The summed E-state index contributed by atoms with van der Waals surface area (Å²) in [6.45, 7) is 0.580. The average molecular weight is 590 g/mol. The number of methoxy groups -OCH3 is 2. The van der Waals surface area contributed by atoms with E-state index in [9.17, 15) is 14.4 Å². The van der Waals surface area contributed by atoms with Crippen LogP contribution in [0.15, 0.2) is 108 Å². The summed E-state index contributed by atoms with van der Waals surface area (Å²) in [5.41, 5.74) is 3.71. The number of hydrogen-bond acceptors (Lipinski definition) is 5. The number of pyridine rings is 1. The molecule has 0 bridgehead atoms. The van der Waals surface area contributed by atoms with Gasteiger partial charge in [0.05, 0.1) is 32.0 Å². The standard InChI is InChI=1S/C36H35N3O5/c1-43-28-16-11-26(12-17-28)21-22-37-35(41)31-23-30-32(38-34(40)20-15-25-7-4-3-5-8-25)9-6-10-33(30)39(36(31)42)24-27-13-18-29(44-2)19-14-27/h3-14,16-19,23H,15,20-22,24H2,1-2H3,(H,37,41)(H,38,40). The highest BCUT2D eigenvalue weighted by Gasteiger charge is 2.18. The molecule has 8 heteroatoms. The molecule has 5 aromatic rings. The molecule has 0 spiro atoms. The maximum Gasteiger partial charge on any atom is 0.264 e. The first kappa shape index (κ1) is 30.1. The highest BCUT2D eigenvalue weighted by atomic mass is 16.5. The molecule has 0 fully saturated rings. The van der Waals surface area contributed by atoms with E-state index in [0.717, 1.165) is 22.4 Å². The minimum absolute atomic E-state index is 0.00623. The van der Waals surface area contributed by atoms with Gasteiger partial charge in [0.1, 0.15) is 17.1 Å². The lowest BCUT2D eigenvalue weighted by molar-refractivity contribution is -0.116. The normalized spacial score (nSPS) is 10.8. The van der Waals surface area contributed by atoms with Gasteiger partial charge in [-0.05, 0) is 72.0 Å². The average Bonchev–Trinajstić information content (AvgIpc) is 3.06. The van der Waals surface area contributed by atoms with Gasteiger partial charge < -0.3 is 24.7 Å². The zero-order chi connectivity index (χ0) is 30.9. The summed E-state index contributed by atoms with van der Waals surface area (Å²) in [6.07, 6.45) is 1.48. The maximum absolute atomic E-state index is 13.8. The van der Waals surface area contributed by atoms with Crippen molar-refractivity contribution in [3.8, 4) is 11.5 Å². The highest BCUT2D eigenvalue weighted by Crippen LogP contribution is 2.25. The van der Waals surface area contributed by atoms with Crippen LogP contribution in [0.5, 0.6) is 11.5 Å². The Morgan fingerprint density at radius 3 is 2.02 bits per heavy atom. The van der Waals surface area contributed by atoms with Crippen LogP contribution in [0.4, 0.5) is 5.69 Å². The number of fused-ring (bicyclic) bond motifs is 1. The molecule has 1 aromatic heterocycles. The molecule has 2 amide bonds. The van der Waals surface area contributed by atoms with Crippen molar-refractivity contribution in [3.63, 3.8) is 0 Å². The predicted molar refractivity (Wildman–Crippen MR) is 173 cm³/mol. The largest absolute Gasteiger partial charge is 0.497 e. The maximum atomic E-state index is 13.8. The number of amides is 2. The van der Waals surface area contributed by atoms with Crippen molar-refractivity contribution in [2.45, 2.75) is 25.8 Å². The number of anilines is 1. The Kier molecular flexibility index (Phi) is 9.71. The number of nitrogens with zero attached hydrogens (tertiary/aromatic N) is 1. The first-order chi connectivity index (χ1) is 21.4. The van der Waals surface area contributed by atoms with Crippen molar-refractivity contribution in [1.29, 1.82) is 0 Å². The molecule has 0 radical (unpaired) electrons. The minimum atomic E-state index is -0.473. The van der Waals surface area contributed by atoms with Crippen LogP contribution in [0.1, 0.15) is 33.5 Å². The number of hydrogen-bond donors (Lipinski definition) is 2. The fourth-order valence-corrected chi connectivity index (χ4v) is 5.07. The summed E-state index contributed by atoms with van der Waals surface area (Å²) in [5.74, 6) is 0.838. The smallest absolute Gasteiger partial charge is 0.264 e. The zero-order valence-corrected chi connectivity index (χ0v) is 24.8. The first-order valence-electron chi connectivity index (χ1n) is 14.5. The third kappa shape index (κ3) is 7.33. The summed E-state index contributed by atoms with van der Waals surface area (Å²) in [5, 5.41) is 6.51. The van der Waals surface area contributed by atoms with Crippen LogP contribution in [0.2, 0.25) is 0 Å². The lowest BCUT2D eigenvalue weighted by atomic mass is 10.1. The molecule has 0 saturated carbocycles. The molecule has 8 nitrogen and oxygen atoms in total. The van der Waals surface area contributed by atoms with Crippen LogP contribution in [0.25, 0.3) is 10.9 Å². The van der Waals surface area contributed by atoms with Crippen LogP contribution in [0.3, 0.4) is 0 Å². The van der Waals surface area contributed by atoms with Gasteiger partial charge in [0.25, 0.3) is 11.5 Å². The van der Waals surface area contributed by atoms with E-state index in [1.165, 1.54) is 0 Å². The number of rotatable bonds is 12. The third-order valence-electron chi connectivity index (χ3n) is 7.50. The molecule has 0 unspecified atom stereocenters. The summed E-state index contributed by atoms with van der Waals surface area (Å²) < 4.78 is 12.1. The van der Waals surface area contributed by atoms with Gasteiger partial charge in [-0.3, -0.25) is 14.4 Å². The lowest BCUT2D eigenvalue weighted by Crippen LogP contribution is -2.34. The molecule has 1 heterocycles. The van der Waals surface area contributed by atoms with Crippen molar-refractivity contribution in [1.82, 2.24) is 9.88 Å². The highest BCUT2D eigenvalue weighted by molar-refractivity contribution is 6.04. The SMILES string of the molecule is COc1ccc(CCNC(=O)c2cc3c(NC(=O)CCc4ccccc4)cccc3n(Cc3ccc(OC)cc3)c2=O)cc1. The van der Waals surface area contributed by atoms with E-state index in [1.54, 1.807) is 37.0 Å². The number of carbonyl (C=O) groups excluding carboxylic acids is 2. The van der Waals surface area contributed by atoms with Gasteiger partial charge in [-0.25, -0.2) is 0 Å². The number of nitrogens with one attached hydrogen (secondary N) is 2. The Morgan fingerprint density at radius 1 is 0.727 bits per heavy atom. The Labute approximate surface area is 256 Å². The van der Waals surface area contributed by atoms with Crippen molar-refractivity contribution in [2.75, 3.05) is 26.1 Å². The van der Waals surface area contributed by atoms with E-state index >= 15 is 0 Å². The summed E-state index contributed by atoms with van der Waals surface area (Å²) >= 11 is 0. The van der Waals surface area contributed by atoms with Gasteiger partial charge in [0, 0.05) is 18.4 Å². The van der Waals surface area contributed by atoms with Crippen LogP contribution in [-0.4, -0.2) is 37.1 Å². The zero-order valence-electron chi connectivity index (χ0n) is 24.8. The van der Waals surface area contributed by atoms with Crippen molar-refractivity contribution in [3.05, 3.63) is 136 Å². The molecular formula is C36H35N3O5. The fraction of sp³-hybridized carbons (Fsp3) is 0.194. The van der Waals surface area contributed by atoms with Crippen molar-refractivity contribution >= 4 is 28.4 Å². The van der Waals surface area contributed by atoms with E-state index in [4.69, 9.17) is 9.47 Å². The van der Waals surface area contributed by atoms with Crippen molar-refractivity contribution < 1.29 is 19.1 Å². The van der Waals surface area contributed by atoms with Gasteiger partial charge in [-0.15, -0.1) is 0 Å². The molecule has 0 atom stereocenters. The second-order valence-electron chi connectivity index (χ2n) is 10.4. The van der Waals surface area contributed by atoms with Crippen molar-refractivity contribution in [2.24, 2.45) is 0 Å². The van der Waals surface area contributed by atoms with E-state index in [0.29, 0.717) is 48.1 Å². The Bertz CT molecular complexity index is 1800. The second kappa shape index (κ2) is 14.2. The summed E-state index contributed by atoms with van der Waals surface area (Å²) in [4.78, 5) is 40.2. The van der Waals surface area contributed by atoms with E-state index in [2.05, 4.69) is 10.6 Å². The number of benzene rings is 4. The van der Waals surface area contributed by atoms with Crippen LogP contribution < -0.4 is 25.7 Å². The monoisotopic (exact) mass is 589 g/mol. The second-order valence-corrected chi connectivity index (χ2v) is 10.4. The van der Waals surface area contributed by atoms with E-state index in [1.807, 2.05) is 84.9 Å². The molecule has 0 aliphatic heterocycles. The third-order valence-corrected chi connectivity index (χ3v) is 7.50. The number of ether oxygens (including phenoxy) is 2.